The smallest absolute Gasteiger partial charge is 0.306 e. The minimum atomic E-state index is -4.02. The number of allylic oxidation sites excluding steroid dienone is 1. The molecule has 0 unspecified atom stereocenters. The lowest BCUT2D eigenvalue weighted by atomic mass is 10.1. The van der Waals surface area contributed by atoms with Crippen molar-refractivity contribution in [2.45, 2.75) is 4.21 Å². The third-order valence-electron chi connectivity index (χ3n) is 4.09. The number of sulfonamides is 1. The number of benzene rings is 1. The van der Waals surface area contributed by atoms with Gasteiger partial charge in [0.1, 0.15) is 4.21 Å². The lowest BCUT2D eigenvalue weighted by Gasteiger charge is -2.08. The van der Waals surface area contributed by atoms with Crippen LogP contribution in [-0.4, -0.2) is 25.2 Å². The molecule has 29 heavy (non-hydrogen) atoms. The molecule has 1 aromatic carbocycles. The summed E-state index contributed by atoms with van der Waals surface area (Å²) in [5, 5.41) is 2.40. The van der Waals surface area contributed by atoms with E-state index in [4.69, 9.17) is 11.6 Å². The molecule has 10 heteroatoms. The monoisotopic (exact) mass is 445 g/mol. The van der Waals surface area contributed by atoms with Gasteiger partial charge in [0.05, 0.1) is 21.9 Å². The van der Waals surface area contributed by atoms with Crippen molar-refractivity contribution in [3.63, 3.8) is 0 Å². The first-order valence-electron chi connectivity index (χ1n) is 8.24. The number of carbonyl (C=O) groups excluding carboxylic acids is 2. The number of hydrogen-bond acceptors (Lipinski definition) is 6. The van der Waals surface area contributed by atoms with Gasteiger partial charge >= 0.3 is 6.03 Å². The summed E-state index contributed by atoms with van der Waals surface area (Å²) in [5.74, 6) is -0.118. The molecule has 3 aromatic rings. The fourth-order valence-electron chi connectivity index (χ4n) is 2.78. The highest BCUT2D eigenvalue weighted by Gasteiger charge is 2.24. The Labute approximate surface area is 175 Å². The van der Waals surface area contributed by atoms with Crippen molar-refractivity contribution in [2.75, 3.05) is 5.32 Å². The molecule has 0 saturated carbocycles. The van der Waals surface area contributed by atoms with Crippen molar-refractivity contribution in [2.24, 2.45) is 0 Å². The van der Waals surface area contributed by atoms with Crippen LogP contribution in [0.5, 0.6) is 0 Å². The van der Waals surface area contributed by atoms with Crippen molar-refractivity contribution in [3.8, 4) is 0 Å². The van der Waals surface area contributed by atoms with Crippen LogP contribution in [0.3, 0.4) is 0 Å². The Morgan fingerprint density at radius 1 is 1.07 bits per heavy atom. The lowest BCUT2D eigenvalue weighted by molar-refractivity contribution is 0.105. The van der Waals surface area contributed by atoms with E-state index in [9.17, 15) is 18.0 Å². The fourth-order valence-corrected chi connectivity index (χ4v) is 5.17. The van der Waals surface area contributed by atoms with Crippen LogP contribution in [0.2, 0.25) is 4.34 Å². The van der Waals surface area contributed by atoms with Crippen LogP contribution in [0.25, 0.3) is 11.6 Å². The van der Waals surface area contributed by atoms with Gasteiger partial charge in [-0.05, 0) is 35.9 Å². The molecule has 2 aromatic heterocycles. The summed E-state index contributed by atoms with van der Waals surface area (Å²) < 4.78 is 26.4. The zero-order chi connectivity index (χ0) is 20.6. The van der Waals surface area contributed by atoms with E-state index in [1.165, 1.54) is 24.4 Å². The number of ketones is 1. The number of halogens is 1. The van der Waals surface area contributed by atoms with E-state index < -0.39 is 16.1 Å². The van der Waals surface area contributed by atoms with Gasteiger partial charge < -0.3 is 5.32 Å². The number of aromatic nitrogens is 1. The number of rotatable bonds is 4. The molecule has 0 fully saturated rings. The van der Waals surface area contributed by atoms with Crippen molar-refractivity contribution in [1.82, 2.24) is 9.71 Å². The minimum Gasteiger partial charge on any atom is -0.306 e. The van der Waals surface area contributed by atoms with Crippen molar-refractivity contribution < 1.29 is 18.0 Å². The molecule has 7 nitrogen and oxygen atoms in total. The lowest BCUT2D eigenvalue weighted by Crippen LogP contribution is -2.34. The van der Waals surface area contributed by atoms with Gasteiger partial charge in [-0.1, -0.05) is 35.9 Å². The number of pyridine rings is 1. The molecule has 1 aliphatic carbocycles. The van der Waals surface area contributed by atoms with E-state index in [1.807, 2.05) is 16.9 Å². The predicted octanol–water partition coefficient (Wildman–Crippen LogP) is 4.04. The summed E-state index contributed by atoms with van der Waals surface area (Å²) in [6.45, 7) is 0. The first-order valence-corrected chi connectivity index (χ1v) is 10.9. The number of Topliss-reactive ketones (excluding diaryl/α,β-unsaturated/α-hetero) is 1. The third kappa shape index (κ3) is 3.93. The quantitative estimate of drug-likeness (QED) is 0.630. The van der Waals surface area contributed by atoms with Crippen molar-refractivity contribution in [1.29, 1.82) is 0 Å². The highest BCUT2D eigenvalue weighted by molar-refractivity contribution is 7.92. The van der Waals surface area contributed by atoms with Gasteiger partial charge in [0, 0.05) is 11.1 Å². The van der Waals surface area contributed by atoms with Gasteiger partial charge in [-0.15, -0.1) is 11.3 Å². The zero-order valence-corrected chi connectivity index (χ0v) is 16.9. The number of fused-ring (bicyclic) bond motifs is 1. The SMILES string of the molecule is O=C(Nc1ccc(C2=Cc3ccccc3C2=O)nc1)NS(=O)(=O)c1ccc(Cl)s1. The van der Waals surface area contributed by atoms with E-state index in [2.05, 4.69) is 10.3 Å². The average molecular weight is 446 g/mol. The molecule has 146 valence electrons. The summed E-state index contributed by atoms with van der Waals surface area (Å²) in [4.78, 5) is 28.7. The largest absolute Gasteiger partial charge is 0.333 e. The zero-order valence-electron chi connectivity index (χ0n) is 14.5. The van der Waals surface area contributed by atoms with E-state index >= 15 is 0 Å². The van der Waals surface area contributed by atoms with Gasteiger partial charge in [-0.25, -0.2) is 17.9 Å². The second kappa shape index (κ2) is 7.43. The summed E-state index contributed by atoms with van der Waals surface area (Å²) in [7, 11) is -4.02. The molecule has 0 aliphatic heterocycles. The Bertz CT molecular complexity index is 1260. The number of anilines is 1. The standard InChI is InChI=1S/C19H12ClN3O4S2/c20-16-7-8-17(28-16)29(26,27)23-19(25)22-12-5-6-15(21-10-12)14-9-11-3-1-2-4-13(11)18(14)24/h1-10H,(H2,22,23,25). The molecule has 0 atom stereocenters. The Hall–Kier alpha value is -3.01. The molecule has 2 N–H and O–H groups in total. The van der Waals surface area contributed by atoms with Crippen LogP contribution >= 0.6 is 22.9 Å². The number of nitrogens with zero attached hydrogens (tertiary/aromatic N) is 1. The number of hydrogen-bond donors (Lipinski definition) is 2. The summed E-state index contributed by atoms with van der Waals surface area (Å²) in [6, 6.07) is 12.2. The highest BCUT2D eigenvalue weighted by Crippen LogP contribution is 2.30. The molecule has 1 aliphatic rings. The van der Waals surface area contributed by atoms with E-state index in [1.54, 1.807) is 24.3 Å². The second-order valence-corrected chi connectivity index (χ2v) is 9.65. The number of nitrogens with one attached hydrogen (secondary N) is 2. The molecule has 2 heterocycles. The number of carbonyl (C=O) groups is 2. The predicted molar refractivity (Wildman–Crippen MR) is 112 cm³/mol. The van der Waals surface area contributed by atoms with Crippen molar-refractivity contribution >= 4 is 62.1 Å². The molecule has 0 saturated heterocycles. The summed E-state index contributed by atoms with van der Waals surface area (Å²) >= 11 is 6.57. The Morgan fingerprint density at radius 2 is 1.86 bits per heavy atom. The van der Waals surface area contributed by atoms with Gasteiger partial charge in [0.25, 0.3) is 10.0 Å². The van der Waals surface area contributed by atoms with Gasteiger partial charge in [-0.2, -0.15) is 0 Å². The molecule has 0 radical (unpaired) electrons. The molecule has 4 rings (SSSR count). The average Bonchev–Trinajstić information content (AvgIpc) is 3.27. The Morgan fingerprint density at radius 3 is 2.52 bits per heavy atom. The second-order valence-electron chi connectivity index (χ2n) is 6.02. The topological polar surface area (TPSA) is 105 Å². The maximum Gasteiger partial charge on any atom is 0.333 e. The van der Waals surface area contributed by atoms with Crippen LogP contribution in [0, 0.1) is 0 Å². The number of urea groups is 1. The summed E-state index contributed by atoms with van der Waals surface area (Å²) in [6.07, 6.45) is 3.11. The maximum atomic E-state index is 12.5. The fraction of sp³-hybridized carbons (Fsp3) is 0. The maximum absolute atomic E-state index is 12.5. The van der Waals surface area contributed by atoms with Gasteiger partial charge in [0.2, 0.25) is 0 Å². The van der Waals surface area contributed by atoms with E-state index in [-0.39, 0.29) is 15.7 Å². The number of thiophene rings is 1. The van der Waals surface area contributed by atoms with E-state index in [0.29, 0.717) is 21.2 Å². The Balaban J connectivity index is 1.45. The molecular weight excluding hydrogens is 434 g/mol. The van der Waals surface area contributed by atoms with Crippen LogP contribution in [0.1, 0.15) is 21.6 Å². The molecular formula is C19H12ClN3O4S2. The molecule has 0 spiro atoms. The first kappa shape index (κ1) is 19.3. The number of amides is 2. The van der Waals surface area contributed by atoms with Gasteiger partial charge in [-0.3, -0.25) is 9.78 Å². The summed E-state index contributed by atoms with van der Waals surface area (Å²) in [5.41, 5.74) is 2.63. The molecule has 2 amide bonds. The first-order chi connectivity index (χ1) is 13.8. The molecule has 0 bridgehead atoms. The normalized spacial score (nSPS) is 13.0. The van der Waals surface area contributed by atoms with E-state index in [0.717, 1.165) is 16.9 Å². The highest BCUT2D eigenvalue weighted by atomic mass is 35.5. The van der Waals surface area contributed by atoms with Crippen LogP contribution < -0.4 is 10.0 Å². The third-order valence-corrected chi connectivity index (χ3v) is 7.14. The van der Waals surface area contributed by atoms with Crippen LogP contribution in [-0.2, 0) is 10.0 Å². The van der Waals surface area contributed by atoms with Crippen LogP contribution in [0.15, 0.2) is 58.9 Å². The Kier molecular flexibility index (Phi) is 4.95. The minimum absolute atomic E-state index is 0.0719. The van der Waals surface area contributed by atoms with Crippen molar-refractivity contribution in [3.05, 3.63) is 75.9 Å². The van der Waals surface area contributed by atoms with Gasteiger partial charge in [0.15, 0.2) is 5.78 Å². The van der Waals surface area contributed by atoms with Crippen LogP contribution in [0.4, 0.5) is 10.5 Å².